The number of rotatable bonds is 5. The van der Waals surface area contributed by atoms with E-state index >= 15 is 0 Å². The van der Waals surface area contributed by atoms with Crippen molar-refractivity contribution in [2.45, 2.75) is 13.3 Å². The van der Waals surface area contributed by atoms with Gasteiger partial charge in [-0.3, -0.25) is 19.8 Å². The standard InChI is InChI=1S/C20H19N3O4/c1-13(12-17(24)21-14-8-10-16(27-2)11-9-14)18-19(25)22-23(20(18)26)15-6-4-3-5-7-15/h3-11H,12H2,1-2H3,(H,21,24)(H,22,25). The van der Waals surface area contributed by atoms with E-state index in [9.17, 15) is 14.4 Å². The fraction of sp³-hybridized carbons (Fsp3) is 0.150. The van der Waals surface area contributed by atoms with Gasteiger partial charge in [-0.05, 0) is 48.9 Å². The van der Waals surface area contributed by atoms with Crippen LogP contribution in [0.3, 0.4) is 0 Å². The lowest BCUT2D eigenvalue weighted by Crippen LogP contribution is -2.35. The highest BCUT2D eigenvalue weighted by molar-refractivity contribution is 6.29. The second-order valence-corrected chi connectivity index (χ2v) is 6.03. The summed E-state index contributed by atoms with van der Waals surface area (Å²) in [6.07, 6.45) is -0.0663. The third kappa shape index (κ3) is 3.98. The topological polar surface area (TPSA) is 87.7 Å². The van der Waals surface area contributed by atoms with Gasteiger partial charge < -0.3 is 10.1 Å². The number of anilines is 2. The maximum Gasteiger partial charge on any atom is 0.282 e. The van der Waals surface area contributed by atoms with Gasteiger partial charge in [0.15, 0.2) is 0 Å². The van der Waals surface area contributed by atoms with Crippen LogP contribution < -0.4 is 20.5 Å². The first-order chi connectivity index (χ1) is 13.0. The van der Waals surface area contributed by atoms with Gasteiger partial charge in [0, 0.05) is 12.1 Å². The summed E-state index contributed by atoms with van der Waals surface area (Å²) >= 11 is 0. The number of benzene rings is 2. The van der Waals surface area contributed by atoms with Crippen LogP contribution in [0, 0.1) is 0 Å². The maximum absolute atomic E-state index is 12.6. The molecule has 2 aromatic rings. The number of ether oxygens (including phenoxy) is 1. The quantitative estimate of drug-likeness (QED) is 0.629. The predicted octanol–water partition coefficient (Wildman–Crippen LogP) is 2.42. The molecule has 2 N–H and O–H groups in total. The normalized spacial score (nSPS) is 15.4. The summed E-state index contributed by atoms with van der Waals surface area (Å²) < 4.78 is 5.07. The number of carbonyl (C=O) groups is 3. The van der Waals surface area contributed by atoms with E-state index in [0.29, 0.717) is 22.7 Å². The van der Waals surface area contributed by atoms with E-state index in [-0.39, 0.29) is 17.9 Å². The van der Waals surface area contributed by atoms with Gasteiger partial charge in [0.25, 0.3) is 11.8 Å². The molecule has 3 rings (SSSR count). The van der Waals surface area contributed by atoms with Crippen molar-refractivity contribution in [3.8, 4) is 5.75 Å². The van der Waals surface area contributed by atoms with Crippen molar-refractivity contribution < 1.29 is 19.1 Å². The van der Waals surface area contributed by atoms with E-state index < -0.39 is 11.8 Å². The Bertz CT molecular complexity index is 905. The fourth-order valence-electron chi connectivity index (χ4n) is 2.76. The molecular formula is C20H19N3O4. The molecule has 0 aliphatic carbocycles. The molecule has 1 aliphatic heterocycles. The summed E-state index contributed by atoms with van der Waals surface area (Å²) in [5.41, 5.74) is 4.08. The third-order valence-corrected chi connectivity index (χ3v) is 4.10. The van der Waals surface area contributed by atoms with Gasteiger partial charge in [-0.25, -0.2) is 5.01 Å². The van der Waals surface area contributed by atoms with Crippen molar-refractivity contribution in [2.24, 2.45) is 0 Å². The average Bonchev–Trinajstić information content (AvgIpc) is 2.97. The molecule has 7 heteroatoms. The zero-order valence-electron chi connectivity index (χ0n) is 15.0. The largest absolute Gasteiger partial charge is 0.497 e. The van der Waals surface area contributed by atoms with Crippen molar-refractivity contribution in [3.05, 3.63) is 65.7 Å². The number of para-hydroxylation sites is 1. The molecule has 0 saturated carbocycles. The Hall–Kier alpha value is -3.61. The lowest BCUT2D eigenvalue weighted by molar-refractivity contribution is -0.117. The number of hydrazine groups is 1. The van der Waals surface area contributed by atoms with Crippen LogP contribution in [0.15, 0.2) is 65.7 Å². The molecule has 0 bridgehead atoms. The molecule has 0 radical (unpaired) electrons. The van der Waals surface area contributed by atoms with Crippen LogP contribution >= 0.6 is 0 Å². The molecule has 2 aromatic carbocycles. The Morgan fingerprint density at radius 3 is 2.37 bits per heavy atom. The number of nitrogens with one attached hydrogen (secondary N) is 2. The van der Waals surface area contributed by atoms with Crippen LogP contribution in [-0.2, 0) is 14.4 Å². The Balaban J connectivity index is 1.72. The van der Waals surface area contributed by atoms with E-state index in [1.54, 1.807) is 62.6 Å². The SMILES string of the molecule is COc1ccc(NC(=O)CC(C)=C2C(=O)NN(c3ccccc3)C2=O)cc1. The van der Waals surface area contributed by atoms with Crippen molar-refractivity contribution >= 4 is 29.1 Å². The summed E-state index contributed by atoms with van der Waals surface area (Å²) in [6, 6.07) is 15.7. The van der Waals surface area contributed by atoms with Gasteiger partial charge in [-0.2, -0.15) is 0 Å². The Morgan fingerprint density at radius 1 is 1.07 bits per heavy atom. The Morgan fingerprint density at radius 2 is 1.74 bits per heavy atom. The van der Waals surface area contributed by atoms with Crippen LogP contribution in [0.2, 0.25) is 0 Å². The van der Waals surface area contributed by atoms with Gasteiger partial charge in [-0.15, -0.1) is 0 Å². The molecule has 0 unspecified atom stereocenters. The first-order valence-corrected chi connectivity index (χ1v) is 8.33. The number of hydrogen-bond acceptors (Lipinski definition) is 4. The zero-order valence-corrected chi connectivity index (χ0v) is 15.0. The summed E-state index contributed by atoms with van der Waals surface area (Å²) in [5, 5.41) is 3.92. The number of methoxy groups -OCH3 is 1. The molecule has 27 heavy (non-hydrogen) atoms. The molecule has 1 saturated heterocycles. The van der Waals surface area contributed by atoms with Crippen molar-refractivity contribution in [2.75, 3.05) is 17.4 Å². The minimum Gasteiger partial charge on any atom is -0.497 e. The Kier molecular flexibility index (Phi) is 5.21. The lowest BCUT2D eigenvalue weighted by atomic mass is 10.1. The van der Waals surface area contributed by atoms with Crippen molar-refractivity contribution in [3.63, 3.8) is 0 Å². The monoisotopic (exact) mass is 365 g/mol. The molecule has 0 aromatic heterocycles. The first kappa shape index (κ1) is 18.2. The van der Waals surface area contributed by atoms with E-state index in [4.69, 9.17) is 4.74 Å². The molecule has 1 fully saturated rings. The molecular weight excluding hydrogens is 346 g/mol. The Labute approximate surface area is 156 Å². The third-order valence-electron chi connectivity index (χ3n) is 4.10. The van der Waals surface area contributed by atoms with Gasteiger partial charge in [0.05, 0.1) is 12.8 Å². The zero-order chi connectivity index (χ0) is 19.4. The van der Waals surface area contributed by atoms with E-state index in [1.807, 2.05) is 6.07 Å². The molecule has 0 atom stereocenters. The summed E-state index contributed by atoms with van der Waals surface area (Å²) in [4.78, 5) is 37.1. The molecule has 3 amide bonds. The highest BCUT2D eigenvalue weighted by atomic mass is 16.5. The van der Waals surface area contributed by atoms with Crippen LogP contribution in [0.1, 0.15) is 13.3 Å². The first-order valence-electron chi connectivity index (χ1n) is 8.33. The number of amides is 3. The lowest BCUT2D eigenvalue weighted by Gasteiger charge is -2.14. The van der Waals surface area contributed by atoms with Crippen LogP contribution in [0.25, 0.3) is 0 Å². The smallest absolute Gasteiger partial charge is 0.282 e. The van der Waals surface area contributed by atoms with Gasteiger partial charge >= 0.3 is 0 Å². The summed E-state index contributed by atoms with van der Waals surface area (Å²) in [7, 11) is 1.56. The molecule has 1 aliphatic rings. The number of hydrogen-bond donors (Lipinski definition) is 2. The number of nitrogens with zero attached hydrogens (tertiary/aromatic N) is 1. The van der Waals surface area contributed by atoms with Crippen LogP contribution in [0.5, 0.6) is 5.75 Å². The predicted molar refractivity (Wildman–Crippen MR) is 101 cm³/mol. The summed E-state index contributed by atoms with van der Waals surface area (Å²) in [6.45, 7) is 1.61. The van der Waals surface area contributed by atoms with Gasteiger partial charge in [0.2, 0.25) is 5.91 Å². The van der Waals surface area contributed by atoms with Crippen molar-refractivity contribution in [1.82, 2.24) is 5.43 Å². The second kappa shape index (κ2) is 7.74. The van der Waals surface area contributed by atoms with E-state index in [0.717, 1.165) is 0 Å². The molecule has 1 heterocycles. The summed E-state index contributed by atoms with van der Waals surface area (Å²) in [5.74, 6) is -0.621. The maximum atomic E-state index is 12.6. The van der Waals surface area contributed by atoms with Crippen LogP contribution in [-0.4, -0.2) is 24.8 Å². The van der Waals surface area contributed by atoms with E-state index in [2.05, 4.69) is 10.7 Å². The minimum absolute atomic E-state index is 0.0104. The molecule has 0 spiro atoms. The fourth-order valence-corrected chi connectivity index (χ4v) is 2.76. The highest BCUT2D eigenvalue weighted by Crippen LogP contribution is 2.23. The second-order valence-electron chi connectivity index (χ2n) is 6.03. The molecule has 138 valence electrons. The highest BCUT2D eigenvalue weighted by Gasteiger charge is 2.36. The number of carbonyl (C=O) groups excluding carboxylic acids is 3. The van der Waals surface area contributed by atoms with Crippen molar-refractivity contribution in [1.29, 1.82) is 0 Å². The van der Waals surface area contributed by atoms with Gasteiger partial charge in [0.1, 0.15) is 11.3 Å². The van der Waals surface area contributed by atoms with Gasteiger partial charge in [-0.1, -0.05) is 18.2 Å². The average molecular weight is 365 g/mol. The van der Waals surface area contributed by atoms with Crippen LogP contribution in [0.4, 0.5) is 11.4 Å². The molecule has 7 nitrogen and oxygen atoms in total. The van der Waals surface area contributed by atoms with E-state index in [1.165, 1.54) is 5.01 Å². The minimum atomic E-state index is -0.515.